The molecule has 0 saturated carbocycles. The molecule has 1 saturated heterocycles. The van der Waals surface area contributed by atoms with Crippen LogP contribution in [0.4, 0.5) is 5.69 Å². The van der Waals surface area contributed by atoms with Crippen LogP contribution in [0.5, 0.6) is 5.75 Å². The molecule has 0 aromatic heterocycles. The van der Waals surface area contributed by atoms with Gasteiger partial charge < -0.3 is 20.7 Å². The number of piperidine rings is 1. The number of benzene rings is 2. The second-order valence-corrected chi connectivity index (χ2v) is 10.2. The first kappa shape index (κ1) is 28.3. The number of anilines is 1. The first-order chi connectivity index (χ1) is 17.5. The summed E-state index contributed by atoms with van der Waals surface area (Å²) in [4.78, 5) is 17.8. The molecule has 0 atom stereocenters. The zero-order valence-electron chi connectivity index (χ0n) is 22.0. The normalized spacial score (nSPS) is 14.8. The van der Waals surface area contributed by atoms with E-state index in [1.54, 1.807) is 12.1 Å². The molecule has 7 heteroatoms. The van der Waals surface area contributed by atoms with E-state index >= 15 is 0 Å². The molecule has 1 amide bonds. The average molecular weight is 515 g/mol. The van der Waals surface area contributed by atoms with Gasteiger partial charge in [-0.3, -0.25) is 9.69 Å². The molecule has 6 nitrogen and oxygen atoms in total. The molecule has 1 aliphatic rings. The number of hydrogen-bond donors (Lipinski definition) is 2. The topological polar surface area (TPSA) is 70.8 Å². The van der Waals surface area contributed by atoms with Gasteiger partial charge in [0, 0.05) is 19.2 Å². The number of amides is 1. The van der Waals surface area contributed by atoms with Gasteiger partial charge in [0.15, 0.2) is 0 Å². The molecule has 36 heavy (non-hydrogen) atoms. The molecule has 3 rings (SSSR count). The maximum absolute atomic E-state index is 12.7. The van der Waals surface area contributed by atoms with Gasteiger partial charge in [-0.1, -0.05) is 61.7 Å². The molecule has 2 aromatic rings. The van der Waals surface area contributed by atoms with Crippen molar-refractivity contribution >= 4 is 23.2 Å². The van der Waals surface area contributed by atoms with E-state index in [1.807, 2.05) is 0 Å². The highest BCUT2D eigenvalue weighted by atomic mass is 35.5. The van der Waals surface area contributed by atoms with Crippen LogP contribution in [0.25, 0.3) is 0 Å². The van der Waals surface area contributed by atoms with E-state index in [0.717, 1.165) is 39.0 Å². The smallest absolute Gasteiger partial charge is 0.255 e. The van der Waals surface area contributed by atoms with E-state index in [-0.39, 0.29) is 5.91 Å². The van der Waals surface area contributed by atoms with Gasteiger partial charge in [0.2, 0.25) is 0 Å². The van der Waals surface area contributed by atoms with E-state index in [0.29, 0.717) is 34.5 Å². The lowest BCUT2D eigenvalue weighted by Gasteiger charge is -2.32. The van der Waals surface area contributed by atoms with Crippen LogP contribution in [-0.2, 0) is 6.54 Å². The molecule has 0 bridgehead atoms. The lowest BCUT2D eigenvalue weighted by atomic mass is 9.96. The Labute approximate surface area is 222 Å². The number of likely N-dealkylation sites (tertiary alicyclic amines) is 1. The molecular formula is C29H43ClN4O2. The summed E-state index contributed by atoms with van der Waals surface area (Å²) >= 11 is 6.10. The van der Waals surface area contributed by atoms with Gasteiger partial charge in [-0.15, -0.1) is 0 Å². The number of methoxy groups -OCH3 is 1. The van der Waals surface area contributed by atoms with Gasteiger partial charge in [-0.05, 0) is 76.0 Å². The number of unbranched alkanes of at least 4 members (excludes halogenated alkanes) is 3. The van der Waals surface area contributed by atoms with E-state index in [9.17, 15) is 4.79 Å². The lowest BCUT2D eigenvalue weighted by Crippen LogP contribution is -2.39. The van der Waals surface area contributed by atoms with E-state index in [4.69, 9.17) is 22.1 Å². The summed E-state index contributed by atoms with van der Waals surface area (Å²) in [6.07, 6.45) is 7.36. The first-order valence-corrected chi connectivity index (χ1v) is 13.8. The van der Waals surface area contributed by atoms with Crippen molar-refractivity contribution in [2.24, 2.45) is 5.92 Å². The van der Waals surface area contributed by atoms with Crippen LogP contribution < -0.4 is 15.8 Å². The Morgan fingerprint density at radius 3 is 2.56 bits per heavy atom. The van der Waals surface area contributed by atoms with Crippen molar-refractivity contribution in [3.8, 4) is 5.75 Å². The molecule has 0 radical (unpaired) electrons. The Morgan fingerprint density at radius 2 is 1.86 bits per heavy atom. The maximum Gasteiger partial charge on any atom is 0.255 e. The highest BCUT2D eigenvalue weighted by molar-refractivity contribution is 6.33. The van der Waals surface area contributed by atoms with E-state index < -0.39 is 0 Å². The molecule has 1 aliphatic heterocycles. The molecule has 1 fully saturated rings. The van der Waals surface area contributed by atoms with Crippen LogP contribution in [0.1, 0.15) is 61.4 Å². The number of carbonyl (C=O) groups is 1. The number of rotatable bonds is 14. The predicted octanol–water partition coefficient (Wildman–Crippen LogP) is 5.46. The highest BCUT2D eigenvalue weighted by Crippen LogP contribution is 2.29. The average Bonchev–Trinajstić information content (AvgIpc) is 2.91. The Balaban J connectivity index is 1.26. The standard InChI is InChI=1S/C29H43ClN4O2/c1-3-33(22-24-11-7-6-8-12-24)15-9-4-5-10-16-34-17-13-23(14-18-34)21-32-29(35)25-19-26(30)27(31)20-28(25)36-2/h6-8,11-12,19-20,23H,3-5,9-10,13-18,21-22,31H2,1-2H3,(H,32,35). The molecular weight excluding hydrogens is 472 g/mol. The van der Waals surface area contributed by atoms with Crippen molar-refractivity contribution < 1.29 is 9.53 Å². The van der Waals surface area contributed by atoms with Gasteiger partial charge in [-0.25, -0.2) is 0 Å². The Kier molecular flexibility index (Phi) is 11.9. The zero-order chi connectivity index (χ0) is 25.8. The summed E-state index contributed by atoms with van der Waals surface area (Å²) < 4.78 is 5.30. The van der Waals surface area contributed by atoms with Crippen molar-refractivity contribution in [2.75, 3.05) is 52.1 Å². The van der Waals surface area contributed by atoms with Crippen molar-refractivity contribution in [3.05, 3.63) is 58.6 Å². The third-order valence-corrected chi connectivity index (χ3v) is 7.54. The summed E-state index contributed by atoms with van der Waals surface area (Å²) in [5, 5.41) is 3.42. The molecule has 0 spiro atoms. The molecule has 198 valence electrons. The van der Waals surface area contributed by atoms with Crippen molar-refractivity contribution in [1.29, 1.82) is 0 Å². The summed E-state index contributed by atoms with van der Waals surface area (Å²) in [6.45, 7) is 9.66. The number of nitrogens with two attached hydrogens (primary N) is 1. The maximum atomic E-state index is 12.7. The Bertz CT molecular complexity index is 932. The summed E-state index contributed by atoms with van der Waals surface area (Å²) in [7, 11) is 1.53. The van der Waals surface area contributed by atoms with Crippen LogP contribution in [0.15, 0.2) is 42.5 Å². The second-order valence-electron chi connectivity index (χ2n) is 9.84. The number of nitrogens with zero attached hydrogens (tertiary/aromatic N) is 2. The van der Waals surface area contributed by atoms with Gasteiger partial charge >= 0.3 is 0 Å². The fourth-order valence-corrected chi connectivity index (χ4v) is 5.04. The SMILES string of the molecule is CCN(CCCCCCN1CCC(CNC(=O)c2cc(Cl)c(N)cc2OC)CC1)Cc1ccccc1. The van der Waals surface area contributed by atoms with Crippen molar-refractivity contribution in [3.63, 3.8) is 0 Å². The van der Waals surface area contributed by atoms with Crippen molar-refractivity contribution in [2.45, 2.75) is 52.0 Å². The number of nitrogens with one attached hydrogen (secondary N) is 1. The fourth-order valence-electron chi connectivity index (χ4n) is 4.88. The number of ether oxygens (including phenoxy) is 1. The second kappa shape index (κ2) is 15.1. The number of hydrogen-bond acceptors (Lipinski definition) is 5. The fraction of sp³-hybridized carbons (Fsp3) is 0.552. The Hall–Kier alpha value is -2.28. The van der Waals surface area contributed by atoms with E-state index in [1.165, 1.54) is 51.4 Å². The summed E-state index contributed by atoms with van der Waals surface area (Å²) in [5.74, 6) is 0.787. The third kappa shape index (κ3) is 8.99. The van der Waals surface area contributed by atoms with Crippen LogP contribution >= 0.6 is 11.6 Å². The van der Waals surface area contributed by atoms with E-state index in [2.05, 4.69) is 52.4 Å². The van der Waals surface area contributed by atoms with Gasteiger partial charge in [0.1, 0.15) is 5.75 Å². The number of halogens is 1. The molecule has 1 heterocycles. The quantitative estimate of drug-likeness (QED) is 0.259. The van der Waals surface area contributed by atoms with Crippen LogP contribution in [0.2, 0.25) is 5.02 Å². The van der Waals surface area contributed by atoms with Gasteiger partial charge in [-0.2, -0.15) is 0 Å². The number of nitrogen functional groups attached to an aromatic ring is 1. The molecule has 0 unspecified atom stereocenters. The minimum atomic E-state index is -0.165. The van der Waals surface area contributed by atoms with Crippen LogP contribution in [-0.4, -0.2) is 62.1 Å². The minimum Gasteiger partial charge on any atom is -0.496 e. The van der Waals surface area contributed by atoms with Crippen LogP contribution in [0, 0.1) is 5.92 Å². The largest absolute Gasteiger partial charge is 0.496 e. The Morgan fingerprint density at radius 1 is 1.14 bits per heavy atom. The zero-order valence-corrected chi connectivity index (χ0v) is 22.7. The minimum absolute atomic E-state index is 0.165. The monoisotopic (exact) mass is 514 g/mol. The first-order valence-electron chi connectivity index (χ1n) is 13.4. The number of carbonyl (C=O) groups excluding carboxylic acids is 1. The lowest BCUT2D eigenvalue weighted by molar-refractivity contribution is 0.0933. The third-order valence-electron chi connectivity index (χ3n) is 7.22. The van der Waals surface area contributed by atoms with Gasteiger partial charge in [0.25, 0.3) is 5.91 Å². The van der Waals surface area contributed by atoms with Crippen LogP contribution in [0.3, 0.4) is 0 Å². The highest BCUT2D eigenvalue weighted by Gasteiger charge is 2.21. The summed E-state index contributed by atoms with van der Waals surface area (Å²) in [5.41, 5.74) is 8.05. The molecule has 0 aliphatic carbocycles. The van der Waals surface area contributed by atoms with Crippen molar-refractivity contribution in [1.82, 2.24) is 15.1 Å². The summed E-state index contributed by atoms with van der Waals surface area (Å²) in [6, 6.07) is 13.9. The van der Waals surface area contributed by atoms with Gasteiger partial charge in [0.05, 0.1) is 23.4 Å². The predicted molar refractivity (Wildman–Crippen MR) is 150 cm³/mol. The molecule has 2 aromatic carbocycles. The molecule has 3 N–H and O–H groups in total.